The van der Waals surface area contributed by atoms with E-state index in [0.717, 1.165) is 40.2 Å². The highest BCUT2D eigenvalue weighted by Crippen LogP contribution is 2.41. The summed E-state index contributed by atoms with van der Waals surface area (Å²) in [5, 5.41) is 11.7. The molecule has 0 atom stereocenters. The van der Waals surface area contributed by atoms with E-state index in [1.165, 1.54) is 0 Å². The lowest BCUT2D eigenvalue weighted by atomic mass is 9.95. The fourth-order valence-electron chi connectivity index (χ4n) is 4.62. The first-order valence-electron chi connectivity index (χ1n) is 12.7. The third kappa shape index (κ3) is 5.53. The molecule has 2 aromatic carbocycles. The predicted molar refractivity (Wildman–Crippen MR) is 139 cm³/mol. The van der Waals surface area contributed by atoms with Gasteiger partial charge in [-0.3, -0.25) is 14.4 Å². The molecule has 3 aromatic rings. The highest BCUT2D eigenvalue weighted by atomic mass is 16.2. The SMILES string of the molecule is CCC(=O)CCCCC(=O)N1Cc2ccccc2-c2c(nnn2CCCC(=O)NC)-c2ccccc21. The molecule has 0 bridgehead atoms. The van der Waals surface area contributed by atoms with Gasteiger partial charge in [0.1, 0.15) is 11.5 Å². The molecular weight excluding hydrogens is 454 g/mol. The van der Waals surface area contributed by atoms with Crippen LogP contribution in [0.2, 0.25) is 0 Å². The second-order valence-corrected chi connectivity index (χ2v) is 9.04. The van der Waals surface area contributed by atoms with Crippen LogP contribution in [0.15, 0.2) is 48.5 Å². The van der Waals surface area contributed by atoms with Gasteiger partial charge in [0, 0.05) is 50.4 Å². The number of fused-ring (bicyclic) bond motifs is 5. The summed E-state index contributed by atoms with van der Waals surface area (Å²) in [5.41, 5.74) is 5.29. The zero-order valence-corrected chi connectivity index (χ0v) is 21.0. The molecule has 0 saturated carbocycles. The van der Waals surface area contributed by atoms with E-state index in [9.17, 15) is 14.4 Å². The second-order valence-electron chi connectivity index (χ2n) is 9.04. The first-order valence-corrected chi connectivity index (χ1v) is 12.7. The number of aromatic nitrogens is 3. The minimum Gasteiger partial charge on any atom is -0.359 e. The fraction of sp³-hybridized carbons (Fsp3) is 0.393. The number of aryl methyl sites for hydroxylation is 1. The number of benzene rings is 2. The van der Waals surface area contributed by atoms with Gasteiger partial charge in [-0.1, -0.05) is 54.6 Å². The molecule has 0 aliphatic carbocycles. The van der Waals surface area contributed by atoms with Crippen LogP contribution in [0.4, 0.5) is 5.69 Å². The van der Waals surface area contributed by atoms with Crippen LogP contribution in [-0.4, -0.2) is 39.6 Å². The van der Waals surface area contributed by atoms with Crippen molar-refractivity contribution < 1.29 is 14.4 Å². The smallest absolute Gasteiger partial charge is 0.227 e. The molecule has 8 nitrogen and oxygen atoms in total. The molecule has 1 aromatic heterocycles. The van der Waals surface area contributed by atoms with Crippen molar-refractivity contribution in [2.75, 3.05) is 11.9 Å². The van der Waals surface area contributed by atoms with E-state index in [4.69, 9.17) is 0 Å². The minimum absolute atomic E-state index is 0.00281. The Balaban J connectivity index is 1.68. The number of ketones is 1. The summed E-state index contributed by atoms with van der Waals surface area (Å²) in [4.78, 5) is 38.7. The lowest BCUT2D eigenvalue weighted by Gasteiger charge is -2.28. The summed E-state index contributed by atoms with van der Waals surface area (Å²) in [7, 11) is 1.64. The number of nitrogens with zero attached hydrogens (tertiary/aromatic N) is 4. The summed E-state index contributed by atoms with van der Waals surface area (Å²) < 4.78 is 1.87. The van der Waals surface area contributed by atoms with Crippen molar-refractivity contribution in [3.05, 3.63) is 54.1 Å². The van der Waals surface area contributed by atoms with Crippen LogP contribution in [0.25, 0.3) is 22.5 Å². The Morgan fingerprint density at radius 2 is 1.64 bits per heavy atom. The van der Waals surface area contributed by atoms with Gasteiger partial charge in [-0.15, -0.1) is 5.10 Å². The van der Waals surface area contributed by atoms with Crippen LogP contribution in [0.1, 0.15) is 57.4 Å². The van der Waals surface area contributed by atoms with E-state index in [2.05, 4.69) is 15.6 Å². The van der Waals surface area contributed by atoms with Crippen LogP contribution in [0.3, 0.4) is 0 Å². The second kappa shape index (κ2) is 11.7. The van der Waals surface area contributed by atoms with E-state index in [-0.39, 0.29) is 17.6 Å². The van der Waals surface area contributed by atoms with E-state index < -0.39 is 0 Å². The molecule has 0 saturated heterocycles. The van der Waals surface area contributed by atoms with Crippen LogP contribution in [0.5, 0.6) is 0 Å². The molecule has 0 fully saturated rings. The normalized spacial score (nSPS) is 12.1. The van der Waals surface area contributed by atoms with E-state index in [1.807, 2.05) is 65.0 Å². The number of rotatable bonds is 10. The standard InChI is InChI=1S/C28H33N5O3/c1-3-21(34)12-5-9-17-26(36)32-19-20-11-4-6-13-22(20)28-27(23-14-7-8-15-24(23)32)30-31-33(28)18-10-16-25(35)29-2/h4,6-8,11,13-15H,3,5,9-10,12,16-19H2,1-2H3,(H,29,35). The van der Waals surface area contributed by atoms with E-state index in [1.54, 1.807) is 7.05 Å². The Kier molecular flexibility index (Phi) is 8.25. The topological polar surface area (TPSA) is 97.2 Å². The summed E-state index contributed by atoms with van der Waals surface area (Å²) in [5.74, 6) is 0.263. The molecule has 8 heteroatoms. The van der Waals surface area contributed by atoms with Gasteiger partial charge in [-0.05, 0) is 30.9 Å². The van der Waals surface area contributed by atoms with Crippen LogP contribution < -0.4 is 10.2 Å². The maximum Gasteiger partial charge on any atom is 0.227 e. The number of hydrogen-bond acceptors (Lipinski definition) is 5. The van der Waals surface area contributed by atoms with E-state index >= 15 is 0 Å². The van der Waals surface area contributed by atoms with Gasteiger partial charge in [0.2, 0.25) is 11.8 Å². The number of nitrogens with one attached hydrogen (secondary N) is 1. The summed E-state index contributed by atoms with van der Waals surface area (Å²) >= 11 is 0. The molecule has 1 N–H and O–H groups in total. The van der Waals surface area contributed by atoms with Gasteiger partial charge >= 0.3 is 0 Å². The maximum absolute atomic E-state index is 13.5. The molecule has 0 spiro atoms. The van der Waals surface area contributed by atoms with Crippen molar-refractivity contribution >= 4 is 23.3 Å². The van der Waals surface area contributed by atoms with Gasteiger partial charge in [-0.2, -0.15) is 0 Å². The zero-order valence-electron chi connectivity index (χ0n) is 21.0. The van der Waals surface area contributed by atoms with Crippen molar-refractivity contribution in [2.24, 2.45) is 0 Å². The fourth-order valence-corrected chi connectivity index (χ4v) is 4.62. The number of Topliss-reactive ketones (excluding diaryl/α,β-unsaturated/α-hetero) is 1. The largest absolute Gasteiger partial charge is 0.359 e. The molecule has 4 rings (SSSR count). The maximum atomic E-state index is 13.5. The zero-order chi connectivity index (χ0) is 25.5. The molecule has 0 radical (unpaired) electrons. The Hall–Kier alpha value is -3.81. The summed E-state index contributed by atoms with van der Waals surface area (Å²) in [6.45, 7) is 2.86. The third-order valence-corrected chi connectivity index (χ3v) is 6.63. The first-order chi connectivity index (χ1) is 17.5. The Bertz CT molecular complexity index is 1250. The third-order valence-electron chi connectivity index (χ3n) is 6.63. The first kappa shape index (κ1) is 25.3. The molecule has 1 aliphatic heterocycles. The monoisotopic (exact) mass is 487 g/mol. The van der Waals surface area contributed by atoms with E-state index in [0.29, 0.717) is 51.6 Å². The quantitative estimate of drug-likeness (QED) is 0.424. The van der Waals surface area contributed by atoms with Crippen molar-refractivity contribution in [3.63, 3.8) is 0 Å². The molecule has 188 valence electrons. The molecule has 2 amide bonds. The average Bonchev–Trinajstić information content (AvgIpc) is 3.31. The highest BCUT2D eigenvalue weighted by Gasteiger charge is 2.28. The molecule has 36 heavy (non-hydrogen) atoms. The number of carbonyl (C=O) groups is 3. The van der Waals surface area contributed by atoms with Crippen LogP contribution >= 0.6 is 0 Å². The molecular formula is C28H33N5O3. The highest BCUT2D eigenvalue weighted by molar-refractivity contribution is 6.00. The Labute approximate surface area is 211 Å². The number of anilines is 1. The number of para-hydroxylation sites is 1. The molecule has 1 aliphatic rings. The lowest BCUT2D eigenvalue weighted by molar-refractivity contribution is -0.121. The Morgan fingerprint density at radius 1 is 0.917 bits per heavy atom. The number of hydrogen-bond donors (Lipinski definition) is 1. The van der Waals surface area contributed by atoms with Gasteiger partial charge in [0.15, 0.2) is 0 Å². The summed E-state index contributed by atoms with van der Waals surface area (Å²) in [6.07, 6.45) is 3.90. The van der Waals surface area contributed by atoms with Gasteiger partial charge < -0.3 is 10.2 Å². The number of carbonyl (C=O) groups excluding carboxylic acids is 3. The van der Waals surface area contributed by atoms with Crippen molar-refractivity contribution in [3.8, 4) is 22.5 Å². The van der Waals surface area contributed by atoms with Crippen molar-refractivity contribution in [1.82, 2.24) is 20.3 Å². The minimum atomic E-state index is -0.00281. The van der Waals surface area contributed by atoms with Crippen LogP contribution in [-0.2, 0) is 27.5 Å². The lowest BCUT2D eigenvalue weighted by Crippen LogP contribution is -2.31. The number of amides is 2. The summed E-state index contributed by atoms with van der Waals surface area (Å²) in [6, 6.07) is 15.8. The van der Waals surface area contributed by atoms with Crippen LogP contribution in [0, 0.1) is 0 Å². The van der Waals surface area contributed by atoms with Gasteiger partial charge in [0.25, 0.3) is 0 Å². The van der Waals surface area contributed by atoms with Gasteiger partial charge in [0.05, 0.1) is 17.9 Å². The average molecular weight is 488 g/mol. The number of unbranched alkanes of at least 4 members (excludes halogenated alkanes) is 1. The predicted octanol–water partition coefficient (Wildman–Crippen LogP) is 4.52. The van der Waals surface area contributed by atoms with Gasteiger partial charge in [-0.25, -0.2) is 4.68 Å². The van der Waals surface area contributed by atoms with Crippen molar-refractivity contribution in [2.45, 2.75) is 65.0 Å². The Morgan fingerprint density at radius 3 is 2.42 bits per heavy atom. The molecule has 2 heterocycles. The molecule has 0 unspecified atom stereocenters. The van der Waals surface area contributed by atoms with Crippen molar-refractivity contribution in [1.29, 1.82) is 0 Å².